The van der Waals surface area contributed by atoms with E-state index in [1.165, 1.54) is 0 Å². The third kappa shape index (κ3) is 1.10. The van der Waals surface area contributed by atoms with Crippen LogP contribution in [-0.4, -0.2) is 4.98 Å². The first kappa shape index (κ1) is 7.31. The van der Waals surface area contributed by atoms with Crippen molar-refractivity contribution >= 4 is 43.0 Å². The van der Waals surface area contributed by atoms with Crippen molar-refractivity contribution in [3.05, 3.63) is 27.5 Å². The van der Waals surface area contributed by atoms with Crippen molar-refractivity contribution in [1.29, 1.82) is 0 Å². The van der Waals surface area contributed by atoms with E-state index in [1.807, 2.05) is 12.1 Å². The van der Waals surface area contributed by atoms with Crippen LogP contribution in [0.15, 0.2) is 31.9 Å². The summed E-state index contributed by atoms with van der Waals surface area (Å²) in [6.45, 7) is 0. The van der Waals surface area contributed by atoms with Crippen molar-refractivity contribution in [2.45, 2.75) is 0 Å². The van der Waals surface area contributed by atoms with E-state index in [-0.39, 0.29) is 0 Å². The molecule has 0 N–H and O–H groups in total. The van der Waals surface area contributed by atoms with Gasteiger partial charge in [0.1, 0.15) is 0 Å². The summed E-state index contributed by atoms with van der Waals surface area (Å²) in [5.41, 5.74) is 0.645. The second kappa shape index (κ2) is 2.60. The number of aromatic nitrogens is 1. The van der Waals surface area contributed by atoms with E-state index in [9.17, 15) is 0 Å². The third-order valence-corrected chi connectivity index (χ3v) is 3.24. The normalized spacial score (nSPS) is 10.7. The van der Waals surface area contributed by atoms with E-state index in [2.05, 4.69) is 36.8 Å². The van der Waals surface area contributed by atoms with Crippen LogP contribution in [0.3, 0.4) is 0 Å². The molecule has 56 valence electrons. The lowest BCUT2D eigenvalue weighted by atomic mass is 10.3. The summed E-state index contributed by atoms with van der Waals surface area (Å²) >= 11 is 6.63. The summed E-state index contributed by atoms with van der Waals surface area (Å²) < 4.78 is 6.86. The second-order valence-corrected chi connectivity index (χ2v) is 3.56. The van der Waals surface area contributed by atoms with Crippen LogP contribution in [0.25, 0.3) is 11.1 Å². The van der Waals surface area contributed by atoms with Crippen LogP contribution < -0.4 is 0 Å². The van der Waals surface area contributed by atoms with Gasteiger partial charge in [-0.15, -0.1) is 0 Å². The number of fused-ring (bicyclic) bond motifs is 1. The SMILES string of the molecule is Brc1oc2ncccc2c1Br. The first-order valence-corrected chi connectivity index (χ1v) is 4.56. The number of furan rings is 1. The quantitative estimate of drug-likeness (QED) is 0.738. The zero-order chi connectivity index (χ0) is 7.84. The number of hydrogen-bond donors (Lipinski definition) is 0. The van der Waals surface area contributed by atoms with Crippen LogP contribution in [0.1, 0.15) is 0 Å². The summed E-state index contributed by atoms with van der Waals surface area (Å²) in [5.74, 6) is 0. The highest BCUT2D eigenvalue weighted by atomic mass is 79.9. The molecule has 0 spiro atoms. The highest BCUT2D eigenvalue weighted by molar-refractivity contribution is 9.13. The van der Waals surface area contributed by atoms with Gasteiger partial charge in [0, 0.05) is 6.20 Å². The molecule has 0 unspecified atom stereocenters. The van der Waals surface area contributed by atoms with Gasteiger partial charge >= 0.3 is 0 Å². The fourth-order valence-electron chi connectivity index (χ4n) is 0.875. The van der Waals surface area contributed by atoms with E-state index >= 15 is 0 Å². The molecule has 2 heterocycles. The van der Waals surface area contributed by atoms with Crippen molar-refractivity contribution in [3.63, 3.8) is 0 Å². The van der Waals surface area contributed by atoms with Crippen LogP contribution in [0.4, 0.5) is 0 Å². The van der Waals surface area contributed by atoms with Crippen molar-refractivity contribution < 1.29 is 4.42 Å². The smallest absolute Gasteiger partial charge is 0.228 e. The Morgan fingerprint density at radius 2 is 2.18 bits per heavy atom. The van der Waals surface area contributed by atoms with E-state index in [0.29, 0.717) is 10.4 Å². The summed E-state index contributed by atoms with van der Waals surface area (Å²) in [7, 11) is 0. The molecule has 0 radical (unpaired) electrons. The number of pyridine rings is 1. The topological polar surface area (TPSA) is 26.0 Å². The second-order valence-electron chi connectivity index (χ2n) is 2.05. The minimum atomic E-state index is 0.645. The van der Waals surface area contributed by atoms with Gasteiger partial charge in [-0.25, -0.2) is 4.98 Å². The Labute approximate surface area is 79.9 Å². The van der Waals surface area contributed by atoms with Crippen LogP contribution in [-0.2, 0) is 0 Å². The number of hydrogen-bond acceptors (Lipinski definition) is 2. The Morgan fingerprint density at radius 3 is 2.91 bits per heavy atom. The lowest BCUT2D eigenvalue weighted by Crippen LogP contribution is -1.68. The summed E-state index contributed by atoms with van der Waals surface area (Å²) in [5, 5.41) is 0.986. The summed E-state index contributed by atoms with van der Waals surface area (Å²) in [6, 6.07) is 3.82. The monoisotopic (exact) mass is 275 g/mol. The number of rotatable bonds is 0. The molecule has 2 aromatic heterocycles. The number of halogens is 2. The molecule has 0 aromatic carbocycles. The van der Waals surface area contributed by atoms with E-state index < -0.39 is 0 Å². The molecular formula is C7H3Br2NO. The first-order valence-electron chi connectivity index (χ1n) is 2.97. The molecule has 2 aromatic rings. The summed E-state index contributed by atoms with van der Waals surface area (Å²) in [6.07, 6.45) is 1.70. The number of nitrogens with zero attached hydrogens (tertiary/aromatic N) is 1. The van der Waals surface area contributed by atoms with Crippen molar-refractivity contribution in [1.82, 2.24) is 4.98 Å². The van der Waals surface area contributed by atoms with Crippen LogP contribution >= 0.6 is 31.9 Å². The Balaban J connectivity index is 2.92. The molecule has 0 amide bonds. The maximum absolute atomic E-state index is 5.26. The van der Waals surface area contributed by atoms with Crippen LogP contribution in [0, 0.1) is 0 Å². The van der Waals surface area contributed by atoms with Crippen molar-refractivity contribution in [2.24, 2.45) is 0 Å². The molecule has 0 bridgehead atoms. The molecule has 0 aliphatic rings. The molecule has 2 nitrogen and oxygen atoms in total. The maximum atomic E-state index is 5.26. The third-order valence-electron chi connectivity index (χ3n) is 1.37. The van der Waals surface area contributed by atoms with E-state index in [1.54, 1.807) is 6.20 Å². The van der Waals surface area contributed by atoms with Gasteiger partial charge in [-0.1, -0.05) is 0 Å². The Hall–Kier alpha value is -0.350. The van der Waals surface area contributed by atoms with Gasteiger partial charge < -0.3 is 4.42 Å². The van der Waals surface area contributed by atoms with Crippen molar-refractivity contribution in [2.75, 3.05) is 0 Å². The average Bonchev–Trinajstić information content (AvgIpc) is 2.30. The average molecular weight is 277 g/mol. The molecular weight excluding hydrogens is 274 g/mol. The minimum Gasteiger partial charge on any atom is -0.430 e. The molecule has 0 saturated heterocycles. The fraction of sp³-hybridized carbons (Fsp3) is 0. The van der Waals surface area contributed by atoms with E-state index in [4.69, 9.17) is 4.42 Å². The predicted molar refractivity (Wildman–Crippen MR) is 49.4 cm³/mol. The fourth-order valence-corrected chi connectivity index (χ4v) is 1.62. The molecule has 2 rings (SSSR count). The highest BCUT2D eigenvalue weighted by Crippen LogP contribution is 2.32. The van der Waals surface area contributed by atoms with Gasteiger partial charge in [0.05, 0.1) is 9.86 Å². The molecule has 0 aliphatic heterocycles. The molecule has 0 atom stereocenters. The predicted octanol–water partition coefficient (Wildman–Crippen LogP) is 3.35. The highest BCUT2D eigenvalue weighted by Gasteiger charge is 2.08. The zero-order valence-corrected chi connectivity index (χ0v) is 8.52. The van der Waals surface area contributed by atoms with Gasteiger partial charge in [-0.2, -0.15) is 0 Å². The van der Waals surface area contributed by atoms with Crippen LogP contribution in [0.2, 0.25) is 0 Å². The molecule has 11 heavy (non-hydrogen) atoms. The van der Waals surface area contributed by atoms with Gasteiger partial charge in [-0.05, 0) is 44.0 Å². The van der Waals surface area contributed by atoms with Gasteiger partial charge in [0.2, 0.25) is 5.71 Å². The molecule has 0 fully saturated rings. The largest absolute Gasteiger partial charge is 0.430 e. The van der Waals surface area contributed by atoms with Crippen LogP contribution in [0.5, 0.6) is 0 Å². The Morgan fingerprint density at radius 1 is 1.36 bits per heavy atom. The van der Waals surface area contributed by atoms with E-state index in [0.717, 1.165) is 9.86 Å². The standard InChI is InChI=1S/C7H3Br2NO/c8-5-4-2-1-3-10-7(4)11-6(5)9/h1-3H. The molecule has 0 aliphatic carbocycles. The molecule has 0 saturated carbocycles. The lowest BCUT2D eigenvalue weighted by molar-refractivity contribution is 0.573. The Bertz CT molecular complexity index is 396. The van der Waals surface area contributed by atoms with Gasteiger partial charge in [0.25, 0.3) is 0 Å². The first-order chi connectivity index (χ1) is 5.29. The molecule has 4 heteroatoms. The Kier molecular flexibility index (Phi) is 1.73. The lowest BCUT2D eigenvalue weighted by Gasteiger charge is -1.82. The van der Waals surface area contributed by atoms with Gasteiger partial charge in [0.15, 0.2) is 4.67 Å². The maximum Gasteiger partial charge on any atom is 0.228 e. The minimum absolute atomic E-state index is 0.645. The van der Waals surface area contributed by atoms with Crippen molar-refractivity contribution in [3.8, 4) is 0 Å². The zero-order valence-electron chi connectivity index (χ0n) is 5.34. The van der Waals surface area contributed by atoms with Gasteiger partial charge in [-0.3, -0.25) is 0 Å². The summed E-state index contributed by atoms with van der Waals surface area (Å²) in [4.78, 5) is 4.04.